The zero-order valence-corrected chi connectivity index (χ0v) is 11.4. The Bertz CT molecular complexity index is 84.2. The molecule has 0 heterocycles. The maximum Gasteiger partial charge on any atom is -0.00127 e. The average molecular weight is 269 g/mol. The lowest BCUT2D eigenvalue weighted by atomic mass is 10.4. The first kappa shape index (κ1) is 24.1. The van der Waals surface area contributed by atoms with E-state index in [1.165, 1.54) is 6.42 Å². The first-order valence-corrected chi connectivity index (χ1v) is 4.33. The topological polar surface area (TPSA) is 41.3 Å². The minimum absolute atomic E-state index is 0. The summed E-state index contributed by atoms with van der Waals surface area (Å²) in [6.07, 6.45) is 2.31. The van der Waals surface area contributed by atoms with Crippen LogP contribution >= 0.6 is 37.2 Å². The second-order valence-corrected chi connectivity index (χ2v) is 3.05. The van der Waals surface area contributed by atoms with E-state index in [1.54, 1.807) is 0 Å². The molecule has 0 amide bonds. The third kappa shape index (κ3) is 23.0. The minimum Gasteiger partial charge on any atom is -0.330 e. The van der Waals surface area contributed by atoms with Crippen LogP contribution in [0.25, 0.3) is 0 Å². The van der Waals surface area contributed by atoms with Gasteiger partial charge in [-0.2, -0.15) is 0 Å². The largest absolute Gasteiger partial charge is 0.330 e. The number of nitrogens with one attached hydrogen (secondary N) is 1. The van der Waals surface area contributed by atoms with Gasteiger partial charge in [-0.05, 0) is 53.1 Å². The minimum atomic E-state index is 0. The molecule has 0 aliphatic heterocycles. The molecule has 92 valence electrons. The van der Waals surface area contributed by atoms with Gasteiger partial charge >= 0.3 is 0 Å². The van der Waals surface area contributed by atoms with Crippen LogP contribution in [-0.4, -0.2) is 45.2 Å². The van der Waals surface area contributed by atoms with Crippen molar-refractivity contribution in [3.05, 3.63) is 0 Å². The van der Waals surface area contributed by atoms with E-state index in [9.17, 15) is 0 Å². The van der Waals surface area contributed by atoms with E-state index in [0.717, 1.165) is 32.6 Å². The predicted octanol–water partition coefficient (Wildman–Crippen LogP) is 1.14. The summed E-state index contributed by atoms with van der Waals surface area (Å²) in [6.45, 7) is 4.12. The molecule has 14 heavy (non-hydrogen) atoms. The fraction of sp³-hybridized carbons (Fsp3) is 1.00. The number of hydrogen-bond acceptors (Lipinski definition) is 3. The van der Waals surface area contributed by atoms with Gasteiger partial charge in [0.05, 0.1) is 0 Å². The Morgan fingerprint density at radius 3 is 1.93 bits per heavy atom. The van der Waals surface area contributed by atoms with Gasteiger partial charge in [-0.15, -0.1) is 37.2 Å². The molecule has 0 aromatic carbocycles. The highest BCUT2D eigenvalue weighted by Gasteiger charge is 1.89. The standard InChI is InChI=1S/C8H21N3.3ClH/c1-11(2)8-4-7-10-6-3-5-9;;;/h10H,3-9H2,1-2H3;3*1H. The van der Waals surface area contributed by atoms with E-state index in [2.05, 4.69) is 24.3 Å². The normalized spacial score (nSPS) is 8.57. The van der Waals surface area contributed by atoms with E-state index in [-0.39, 0.29) is 37.2 Å². The lowest BCUT2D eigenvalue weighted by Gasteiger charge is -2.09. The third-order valence-electron chi connectivity index (χ3n) is 1.52. The van der Waals surface area contributed by atoms with Crippen LogP contribution in [0.15, 0.2) is 0 Å². The van der Waals surface area contributed by atoms with Crippen molar-refractivity contribution in [3.8, 4) is 0 Å². The Morgan fingerprint density at radius 1 is 1.00 bits per heavy atom. The molecule has 0 aromatic rings. The molecule has 0 aromatic heterocycles. The summed E-state index contributed by atoms with van der Waals surface area (Å²) in [4.78, 5) is 2.20. The zero-order chi connectivity index (χ0) is 8.53. The summed E-state index contributed by atoms with van der Waals surface area (Å²) >= 11 is 0. The lowest BCUT2D eigenvalue weighted by Crippen LogP contribution is -2.23. The highest BCUT2D eigenvalue weighted by molar-refractivity contribution is 5.86. The molecule has 0 bridgehead atoms. The number of halogens is 3. The molecule has 0 aliphatic carbocycles. The molecule has 0 radical (unpaired) electrons. The summed E-state index contributed by atoms with van der Waals surface area (Å²) in [6, 6.07) is 0. The first-order valence-electron chi connectivity index (χ1n) is 4.33. The van der Waals surface area contributed by atoms with Crippen LogP contribution in [0.3, 0.4) is 0 Å². The Balaban J connectivity index is -0.000000167. The maximum atomic E-state index is 5.34. The van der Waals surface area contributed by atoms with Gasteiger partial charge in [0.2, 0.25) is 0 Å². The van der Waals surface area contributed by atoms with Crippen molar-refractivity contribution in [3.63, 3.8) is 0 Å². The average Bonchev–Trinajstić information content (AvgIpc) is 1.96. The van der Waals surface area contributed by atoms with Gasteiger partial charge in [0.1, 0.15) is 0 Å². The van der Waals surface area contributed by atoms with Gasteiger partial charge in [-0.25, -0.2) is 0 Å². The van der Waals surface area contributed by atoms with Crippen molar-refractivity contribution >= 4 is 37.2 Å². The molecule has 6 heteroatoms. The molecule has 0 unspecified atom stereocenters. The quantitative estimate of drug-likeness (QED) is 0.681. The molecule has 3 N–H and O–H groups in total. The molecule has 0 saturated heterocycles. The smallest absolute Gasteiger partial charge is 0.00127 e. The van der Waals surface area contributed by atoms with Crippen molar-refractivity contribution in [2.24, 2.45) is 5.73 Å². The van der Waals surface area contributed by atoms with Crippen LogP contribution < -0.4 is 11.1 Å². The van der Waals surface area contributed by atoms with E-state index in [1.807, 2.05) is 0 Å². The van der Waals surface area contributed by atoms with Crippen LogP contribution in [0.4, 0.5) is 0 Å². The number of rotatable bonds is 7. The van der Waals surface area contributed by atoms with Gasteiger partial charge < -0.3 is 16.0 Å². The van der Waals surface area contributed by atoms with Crippen molar-refractivity contribution in [2.45, 2.75) is 12.8 Å². The van der Waals surface area contributed by atoms with Gasteiger partial charge in [-0.3, -0.25) is 0 Å². The molecule has 0 spiro atoms. The molecule has 0 fully saturated rings. The van der Waals surface area contributed by atoms with Gasteiger partial charge in [0.15, 0.2) is 0 Å². The van der Waals surface area contributed by atoms with Crippen LogP contribution in [0, 0.1) is 0 Å². The van der Waals surface area contributed by atoms with Crippen molar-refractivity contribution in [2.75, 3.05) is 40.3 Å². The summed E-state index contributed by atoms with van der Waals surface area (Å²) in [5, 5.41) is 3.34. The number of nitrogens with zero attached hydrogens (tertiary/aromatic N) is 1. The lowest BCUT2D eigenvalue weighted by molar-refractivity contribution is 0.394. The predicted molar refractivity (Wildman–Crippen MR) is 71.5 cm³/mol. The third-order valence-corrected chi connectivity index (χ3v) is 1.52. The summed E-state index contributed by atoms with van der Waals surface area (Å²) in [5.74, 6) is 0. The molecule has 0 atom stereocenters. The Hall–Kier alpha value is 0.750. The number of hydrogen-bond donors (Lipinski definition) is 2. The molecular formula is C8H24Cl3N3. The van der Waals surface area contributed by atoms with Gasteiger partial charge in [0, 0.05) is 0 Å². The van der Waals surface area contributed by atoms with Gasteiger partial charge in [0.25, 0.3) is 0 Å². The van der Waals surface area contributed by atoms with Crippen LogP contribution in [0.1, 0.15) is 12.8 Å². The monoisotopic (exact) mass is 267 g/mol. The molecule has 0 saturated carbocycles. The summed E-state index contributed by atoms with van der Waals surface area (Å²) in [5.41, 5.74) is 5.34. The Kier molecular flexibility index (Phi) is 33.3. The Labute approximate surface area is 106 Å². The fourth-order valence-corrected chi connectivity index (χ4v) is 0.872. The SMILES string of the molecule is CN(C)CCCNCCCN.Cl.Cl.Cl. The second-order valence-electron chi connectivity index (χ2n) is 3.05. The number of nitrogens with two attached hydrogens (primary N) is 1. The second kappa shape index (κ2) is 19.3. The fourth-order valence-electron chi connectivity index (χ4n) is 0.872. The van der Waals surface area contributed by atoms with Crippen molar-refractivity contribution in [1.29, 1.82) is 0 Å². The summed E-state index contributed by atoms with van der Waals surface area (Å²) < 4.78 is 0. The van der Waals surface area contributed by atoms with Gasteiger partial charge in [-0.1, -0.05) is 0 Å². The van der Waals surface area contributed by atoms with Crippen molar-refractivity contribution in [1.82, 2.24) is 10.2 Å². The highest BCUT2D eigenvalue weighted by Crippen LogP contribution is 1.80. The van der Waals surface area contributed by atoms with Crippen LogP contribution in [-0.2, 0) is 0 Å². The first-order chi connectivity index (χ1) is 5.27. The maximum absolute atomic E-state index is 5.34. The van der Waals surface area contributed by atoms with E-state index < -0.39 is 0 Å². The molecular weight excluding hydrogens is 244 g/mol. The van der Waals surface area contributed by atoms with E-state index in [4.69, 9.17) is 5.73 Å². The van der Waals surface area contributed by atoms with Crippen LogP contribution in [0.5, 0.6) is 0 Å². The van der Waals surface area contributed by atoms with Crippen molar-refractivity contribution < 1.29 is 0 Å². The summed E-state index contributed by atoms with van der Waals surface area (Å²) in [7, 11) is 4.19. The van der Waals surface area contributed by atoms with E-state index >= 15 is 0 Å². The molecule has 3 nitrogen and oxygen atoms in total. The molecule has 0 rings (SSSR count). The highest BCUT2D eigenvalue weighted by atomic mass is 35.5. The molecule has 0 aliphatic rings. The Morgan fingerprint density at radius 2 is 1.50 bits per heavy atom. The van der Waals surface area contributed by atoms with E-state index in [0.29, 0.717) is 0 Å². The van der Waals surface area contributed by atoms with Crippen LogP contribution in [0.2, 0.25) is 0 Å². The zero-order valence-electron chi connectivity index (χ0n) is 8.99.